The van der Waals surface area contributed by atoms with Crippen LogP contribution in [0.2, 0.25) is 0 Å². The Kier molecular flexibility index (Phi) is 3.87. The summed E-state index contributed by atoms with van der Waals surface area (Å²) in [4.78, 5) is 1.33. The van der Waals surface area contributed by atoms with E-state index in [0.717, 1.165) is 17.3 Å². The minimum atomic E-state index is -0.661. The Labute approximate surface area is 133 Å². The molecule has 0 bridgehead atoms. The summed E-state index contributed by atoms with van der Waals surface area (Å²) >= 11 is 5.46. The third-order valence-corrected chi connectivity index (χ3v) is 6.06. The molecule has 3 atom stereocenters. The number of benzene rings is 1. The fraction of sp³-hybridized carbons (Fsp3) is 0.412. The van der Waals surface area contributed by atoms with Crippen molar-refractivity contribution in [1.29, 1.82) is 0 Å². The van der Waals surface area contributed by atoms with Gasteiger partial charge < -0.3 is 5.11 Å². The van der Waals surface area contributed by atoms with Gasteiger partial charge in [-0.3, -0.25) is 0 Å². The van der Waals surface area contributed by atoms with Gasteiger partial charge in [-0.15, -0.1) is 11.8 Å². The highest BCUT2D eigenvalue weighted by Crippen LogP contribution is 2.54. The zero-order valence-corrected chi connectivity index (χ0v) is 14.2. The van der Waals surface area contributed by atoms with E-state index in [1.807, 2.05) is 24.8 Å². The molecule has 0 aromatic heterocycles. The van der Waals surface area contributed by atoms with Gasteiger partial charge in [0.1, 0.15) is 0 Å². The van der Waals surface area contributed by atoms with E-state index in [4.69, 9.17) is 0 Å². The van der Waals surface area contributed by atoms with Crippen LogP contribution in [0.15, 0.2) is 51.4 Å². The highest BCUT2D eigenvalue weighted by atomic mass is 79.9. The Balaban J connectivity index is 1.92. The van der Waals surface area contributed by atoms with Crippen LogP contribution in [0.1, 0.15) is 37.5 Å². The fourth-order valence-electron chi connectivity index (χ4n) is 3.03. The molecule has 3 unspecified atom stereocenters. The molecule has 1 aliphatic heterocycles. The summed E-state index contributed by atoms with van der Waals surface area (Å²) in [6.07, 6.45) is 6.35. The lowest BCUT2D eigenvalue weighted by molar-refractivity contribution is 0.0202. The molecule has 0 spiro atoms. The molecule has 106 valence electrons. The maximum atomic E-state index is 10.9. The van der Waals surface area contributed by atoms with Crippen molar-refractivity contribution in [2.24, 2.45) is 5.92 Å². The van der Waals surface area contributed by atoms with E-state index >= 15 is 0 Å². The van der Waals surface area contributed by atoms with Crippen LogP contribution in [-0.2, 0) is 0 Å². The minimum Gasteiger partial charge on any atom is -0.389 e. The summed E-state index contributed by atoms with van der Waals surface area (Å²) in [6.45, 7) is 4.12. The van der Waals surface area contributed by atoms with E-state index in [1.54, 1.807) is 0 Å². The van der Waals surface area contributed by atoms with Crippen LogP contribution < -0.4 is 0 Å². The van der Waals surface area contributed by atoms with Gasteiger partial charge in [-0.25, -0.2) is 0 Å². The lowest BCUT2D eigenvalue weighted by Gasteiger charge is -2.42. The summed E-state index contributed by atoms with van der Waals surface area (Å²) in [6, 6.07) is 8.44. The highest BCUT2D eigenvalue weighted by molar-refractivity contribution is 9.10. The monoisotopic (exact) mass is 350 g/mol. The number of hydrogen-bond acceptors (Lipinski definition) is 2. The molecule has 0 radical (unpaired) electrons. The van der Waals surface area contributed by atoms with Gasteiger partial charge in [0.25, 0.3) is 0 Å². The van der Waals surface area contributed by atoms with Crippen molar-refractivity contribution in [1.82, 2.24) is 0 Å². The van der Waals surface area contributed by atoms with E-state index in [0.29, 0.717) is 5.25 Å². The average Bonchev–Trinajstić information content (AvgIpc) is 2.39. The second-order valence-electron chi connectivity index (χ2n) is 6.02. The second kappa shape index (κ2) is 5.36. The number of fused-ring (bicyclic) bond motifs is 1. The number of rotatable bonds is 1. The second-order valence-corrected chi connectivity index (χ2v) is 8.22. The predicted molar refractivity (Wildman–Crippen MR) is 89.7 cm³/mol. The molecule has 0 saturated carbocycles. The van der Waals surface area contributed by atoms with E-state index < -0.39 is 5.60 Å². The SMILES string of the molecule is CC1=CC2C(=CC1)SC(c1cccc(Br)c1)CC2(C)O. The Bertz CT molecular complexity index is 588. The third-order valence-electron chi connectivity index (χ3n) is 4.15. The van der Waals surface area contributed by atoms with Crippen LogP contribution in [0.25, 0.3) is 0 Å². The molecule has 3 rings (SSSR count). The molecule has 2 aliphatic rings. The number of halogens is 1. The highest BCUT2D eigenvalue weighted by Gasteiger charge is 2.42. The number of allylic oxidation sites excluding steroid dienone is 2. The lowest BCUT2D eigenvalue weighted by atomic mass is 9.79. The standard InChI is InChI=1S/C17H19BrOS/c1-11-6-7-15-14(8-11)17(2,19)10-16(20-15)12-4-3-5-13(18)9-12/h3-5,7-9,14,16,19H,6,10H2,1-2H3. The molecular formula is C17H19BrOS. The van der Waals surface area contributed by atoms with Crippen molar-refractivity contribution in [3.05, 3.63) is 56.9 Å². The first-order valence-corrected chi connectivity index (χ1v) is 8.65. The van der Waals surface area contributed by atoms with Crippen LogP contribution >= 0.6 is 27.7 Å². The molecule has 1 saturated heterocycles. The topological polar surface area (TPSA) is 20.2 Å². The number of thioether (sulfide) groups is 1. The van der Waals surface area contributed by atoms with Gasteiger partial charge in [-0.1, -0.05) is 45.8 Å². The summed E-state index contributed by atoms with van der Waals surface area (Å²) in [5, 5.41) is 11.2. The van der Waals surface area contributed by atoms with Crippen LogP contribution in [-0.4, -0.2) is 10.7 Å². The zero-order chi connectivity index (χ0) is 14.3. The molecule has 20 heavy (non-hydrogen) atoms. The van der Waals surface area contributed by atoms with E-state index in [2.05, 4.69) is 53.2 Å². The van der Waals surface area contributed by atoms with Crippen molar-refractivity contribution in [3.8, 4) is 0 Å². The number of hydrogen-bond donors (Lipinski definition) is 1. The Morgan fingerprint density at radius 3 is 2.95 bits per heavy atom. The smallest absolute Gasteiger partial charge is 0.0741 e. The first-order chi connectivity index (χ1) is 9.45. The molecule has 1 fully saturated rings. The van der Waals surface area contributed by atoms with Gasteiger partial charge in [-0.05, 0) is 49.3 Å². The van der Waals surface area contributed by atoms with Crippen molar-refractivity contribution in [3.63, 3.8) is 0 Å². The van der Waals surface area contributed by atoms with Gasteiger partial charge in [0.2, 0.25) is 0 Å². The van der Waals surface area contributed by atoms with Gasteiger partial charge >= 0.3 is 0 Å². The summed E-state index contributed by atoms with van der Waals surface area (Å²) in [5.41, 5.74) is 1.99. The van der Waals surface area contributed by atoms with Crippen LogP contribution in [0, 0.1) is 5.92 Å². The average molecular weight is 351 g/mol. The molecular weight excluding hydrogens is 332 g/mol. The van der Waals surface area contributed by atoms with E-state index in [9.17, 15) is 5.11 Å². The normalized spacial score (nSPS) is 33.2. The molecule has 3 heteroatoms. The molecule has 1 aliphatic carbocycles. The summed E-state index contributed by atoms with van der Waals surface area (Å²) < 4.78 is 1.10. The van der Waals surface area contributed by atoms with Crippen molar-refractivity contribution in [2.75, 3.05) is 0 Å². The largest absolute Gasteiger partial charge is 0.389 e. The Morgan fingerprint density at radius 2 is 2.20 bits per heavy atom. The Morgan fingerprint density at radius 1 is 1.40 bits per heavy atom. The molecule has 1 heterocycles. The van der Waals surface area contributed by atoms with E-state index in [1.165, 1.54) is 16.0 Å². The summed E-state index contributed by atoms with van der Waals surface area (Å²) in [5.74, 6) is 0.171. The maximum Gasteiger partial charge on any atom is 0.0741 e. The van der Waals surface area contributed by atoms with E-state index in [-0.39, 0.29) is 5.92 Å². The zero-order valence-electron chi connectivity index (χ0n) is 11.8. The first-order valence-electron chi connectivity index (χ1n) is 6.97. The van der Waals surface area contributed by atoms with Crippen molar-refractivity contribution >= 4 is 27.7 Å². The van der Waals surface area contributed by atoms with Gasteiger partial charge in [0.05, 0.1) is 5.60 Å². The maximum absolute atomic E-state index is 10.9. The molecule has 1 nitrogen and oxygen atoms in total. The van der Waals surface area contributed by atoms with Crippen molar-refractivity contribution < 1.29 is 5.11 Å². The minimum absolute atomic E-state index is 0.171. The third kappa shape index (κ3) is 2.76. The molecule has 1 aromatic rings. The van der Waals surface area contributed by atoms with Crippen LogP contribution in [0.5, 0.6) is 0 Å². The van der Waals surface area contributed by atoms with Crippen LogP contribution in [0.4, 0.5) is 0 Å². The first kappa shape index (κ1) is 14.4. The molecule has 1 aromatic carbocycles. The molecule has 0 amide bonds. The van der Waals surface area contributed by atoms with Crippen LogP contribution in [0.3, 0.4) is 0 Å². The van der Waals surface area contributed by atoms with Gasteiger partial charge in [0, 0.05) is 15.6 Å². The predicted octanol–water partition coefficient (Wildman–Crippen LogP) is 5.23. The Hall–Kier alpha value is -0.510. The fourth-order valence-corrected chi connectivity index (χ4v) is 5.13. The summed E-state index contributed by atoms with van der Waals surface area (Å²) in [7, 11) is 0. The molecule has 1 N–H and O–H groups in total. The van der Waals surface area contributed by atoms with Crippen molar-refractivity contribution in [2.45, 2.75) is 37.5 Å². The van der Waals surface area contributed by atoms with Gasteiger partial charge in [0.15, 0.2) is 0 Å². The van der Waals surface area contributed by atoms with Gasteiger partial charge in [-0.2, -0.15) is 0 Å². The quantitative estimate of drug-likeness (QED) is 0.700. The lowest BCUT2D eigenvalue weighted by Crippen LogP contribution is -2.39. The number of aliphatic hydroxyl groups is 1.